The van der Waals surface area contributed by atoms with E-state index in [2.05, 4.69) is 15.6 Å². The number of nitrogens with one attached hydrogen (secondary N) is 2. The van der Waals surface area contributed by atoms with Crippen LogP contribution in [0.15, 0.2) is 12.3 Å². The highest BCUT2D eigenvalue weighted by Gasteiger charge is 2.22. The first kappa shape index (κ1) is 13.5. The molecule has 1 fully saturated rings. The molecule has 7 nitrogen and oxygen atoms in total. The highest BCUT2D eigenvalue weighted by atomic mass is 35.5. The Morgan fingerprint density at radius 3 is 2.95 bits per heavy atom. The summed E-state index contributed by atoms with van der Waals surface area (Å²) in [5.41, 5.74) is -0.248. The lowest BCUT2D eigenvalue weighted by atomic mass is 10.4. The van der Waals surface area contributed by atoms with Crippen molar-refractivity contribution in [2.75, 3.05) is 18.4 Å². The molecule has 0 aliphatic heterocycles. The van der Waals surface area contributed by atoms with Crippen molar-refractivity contribution >= 4 is 29.0 Å². The molecule has 0 unspecified atom stereocenters. The van der Waals surface area contributed by atoms with E-state index in [1.807, 2.05) is 0 Å². The molecule has 0 aromatic carbocycles. The van der Waals surface area contributed by atoms with Gasteiger partial charge in [-0.25, -0.2) is 4.98 Å². The van der Waals surface area contributed by atoms with E-state index in [1.54, 1.807) is 0 Å². The van der Waals surface area contributed by atoms with Crippen molar-refractivity contribution in [1.29, 1.82) is 0 Å². The SMILES string of the molecule is O=C(CNc1ncc(Cl)cc1[N+](=O)[O-])NCC1CC1. The number of carbonyl (C=O) groups is 1. The van der Waals surface area contributed by atoms with Gasteiger partial charge in [-0.05, 0) is 18.8 Å². The number of pyridine rings is 1. The Morgan fingerprint density at radius 2 is 2.32 bits per heavy atom. The molecule has 102 valence electrons. The van der Waals surface area contributed by atoms with Crippen molar-refractivity contribution in [3.8, 4) is 0 Å². The second kappa shape index (κ2) is 5.83. The lowest BCUT2D eigenvalue weighted by Gasteiger charge is -2.07. The van der Waals surface area contributed by atoms with E-state index in [9.17, 15) is 14.9 Å². The normalized spacial score (nSPS) is 13.9. The van der Waals surface area contributed by atoms with Crippen molar-refractivity contribution in [3.05, 3.63) is 27.4 Å². The fourth-order valence-electron chi connectivity index (χ4n) is 1.51. The molecular weight excluding hydrogens is 272 g/mol. The summed E-state index contributed by atoms with van der Waals surface area (Å²) in [6.45, 7) is 0.610. The molecular formula is C11H13ClN4O3. The van der Waals surface area contributed by atoms with Crippen LogP contribution in [0.5, 0.6) is 0 Å². The molecule has 1 aromatic rings. The van der Waals surface area contributed by atoms with E-state index in [0.717, 1.165) is 12.8 Å². The minimum atomic E-state index is -0.594. The first-order valence-electron chi connectivity index (χ1n) is 5.87. The van der Waals surface area contributed by atoms with Gasteiger partial charge in [0, 0.05) is 18.8 Å². The summed E-state index contributed by atoms with van der Waals surface area (Å²) in [6, 6.07) is 1.19. The zero-order valence-corrected chi connectivity index (χ0v) is 10.8. The van der Waals surface area contributed by atoms with Crippen molar-refractivity contribution in [3.63, 3.8) is 0 Å². The van der Waals surface area contributed by atoms with Gasteiger partial charge in [-0.15, -0.1) is 0 Å². The van der Waals surface area contributed by atoms with Crippen LogP contribution in [0.4, 0.5) is 11.5 Å². The van der Waals surface area contributed by atoms with E-state index in [4.69, 9.17) is 11.6 Å². The first-order chi connectivity index (χ1) is 9.06. The number of rotatable bonds is 6. The Bertz CT molecular complexity index is 505. The topological polar surface area (TPSA) is 97.2 Å². The molecule has 1 aliphatic carbocycles. The summed E-state index contributed by atoms with van der Waals surface area (Å²) in [7, 11) is 0. The molecule has 0 radical (unpaired) electrons. The zero-order valence-electron chi connectivity index (χ0n) is 10.1. The number of aromatic nitrogens is 1. The van der Waals surface area contributed by atoms with Gasteiger partial charge in [-0.1, -0.05) is 11.6 Å². The van der Waals surface area contributed by atoms with Crippen molar-refractivity contribution in [2.45, 2.75) is 12.8 Å². The van der Waals surface area contributed by atoms with Crippen LogP contribution < -0.4 is 10.6 Å². The number of carbonyl (C=O) groups excluding carboxylic acids is 1. The van der Waals surface area contributed by atoms with Gasteiger partial charge in [0.15, 0.2) is 0 Å². The predicted octanol–water partition coefficient (Wildman–Crippen LogP) is 1.58. The van der Waals surface area contributed by atoms with Crippen LogP contribution in [0, 0.1) is 16.0 Å². The fourth-order valence-corrected chi connectivity index (χ4v) is 1.66. The summed E-state index contributed by atoms with van der Waals surface area (Å²) in [5, 5.41) is 16.4. The molecule has 1 heterocycles. The molecule has 1 saturated carbocycles. The third kappa shape index (κ3) is 4.06. The second-order valence-corrected chi connectivity index (χ2v) is 4.82. The van der Waals surface area contributed by atoms with Crippen LogP contribution in [-0.2, 0) is 4.79 Å². The van der Waals surface area contributed by atoms with Crippen molar-refractivity contribution in [2.24, 2.45) is 5.92 Å². The van der Waals surface area contributed by atoms with Crippen molar-refractivity contribution in [1.82, 2.24) is 10.3 Å². The summed E-state index contributed by atoms with van der Waals surface area (Å²) in [6.07, 6.45) is 3.59. The lowest BCUT2D eigenvalue weighted by Crippen LogP contribution is -2.31. The minimum absolute atomic E-state index is 0.0379. The van der Waals surface area contributed by atoms with Gasteiger partial charge in [0.25, 0.3) is 0 Å². The maximum absolute atomic E-state index is 11.5. The van der Waals surface area contributed by atoms with Gasteiger partial charge in [-0.3, -0.25) is 14.9 Å². The zero-order chi connectivity index (χ0) is 13.8. The highest BCUT2D eigenvalue weighted by molar-refractivity contribution is 6.30. The van der Waals surface area contributed by atoms with Crippen LogP contribution in [0.25, 0.3) is 0 Å². The summed E-state index contributed by atoms with van der Waals surface area (Å²) >= 11 is 5.64. The van der Waals surface area contributed by atoms with Gasteiger partial charge >= 0.3 is 5.69 Å². The Hall–Kier alpha value is -1.89. The van der Waals surface area contributed by atoms with E-state index in [1.165, 1.54) is 12.3 Å². The Kier molecular flexibility index (Phi) is 4.16. The molecule has 8 heteroatoms. The number of amides is 1. The second-order valence-electron chi connectivity index (χ2n) is 4.38. The van der Waals surface area contributed by atoms with Crippen LogP contribution in [0.3, 0.4) is 0 Å². The van der Waals surface area contributed by atoms with Gasteiger partial charge in [0.1, 0.15) is 0 Å². The standard InChI is InChI=1S/C11H13ClN4O3/c12-8-3-9(16(18)19)11(14-5-8)15-6-10(17)13-4-7-1-2-7/h3,5,7H,1-2,4,6H2,(H,13,17)(H,14,15). The summed E-state index contributed by atoms with van der Waals surface area (Å²) in [5.74, 6) is 0.417. The van der Waals surface area contributed by atoms with Crippen LogP contribution in [0.2, 0.25) is 5.02 Å². The molecule has 1 amide bonds. The van der Waals surface area contributed by atoms with Gasteiger partial charge in [0.2, 0.25) is 11.7 Å². The molecule has 0 spiro atoms. The van der Waals surface area contributed by atoms with E-state index in [0.29, 0.717) is 12.5 Å². The maximum Gasteiger partial charge on any atom is 0.312 e. The number of hydrogen-bond acceptors (Lipinski definition) is 5. The summed E-state index contributed by atoms with van der Waals surface area (Å²) < 4.78 is 0. The van der Waals surface area contributed by atoms with Crippen LogP contribution in [-0.4, -0.2) is 28.9 Å². The molecule has 2 rings (SSSR count). The first-order valence-corrected chi connectivity index (χ1v) is 6.24. The smallest absolute Gasteiger partial charge is 0.312 e. The molecule has 0 saturated heterocycles. The largest absolute Gasteiger partial charge is 0.355 e. The van der Waals surface area contributed by atoms with Crippen molar-refractivity contribution < 1.29 is 9.72 Å². The third-order valence-corrected chi connectivity index (χ3v) is 2.94. The van der Waals surface area contributed by atoms with Gasteiger partial charge in [0.05, 0.1) is 16.5 Å². The lowest BCUT2D eigenvalue weighted by molar-refractivity contribution is -0.384. The fraction of sp³-hybridized carbons (Fsp3) is 0.455. The van der Waals surface area contributed by atoms with Crippen LogP contribution >= 0.6 is 11.6 Å². The molecule has 2 N–H and O–H groups in total. The molecule has 0 bridgehead atoms. The monoisotopic (exact) mass is 284 g/mol. The number of anilines is 1. The molecule has 19 heavy (non-hydrogen) atoms. The molecule has 1 aromatic heterocycles. The average molecular weight is 285 g/mol. The Labute approximate surface area is 114 Å². The molecule has 1 aliphatic rings. The number of halogens is 1. The van der Waals surface area contributed by atoms with E-state index >= 15 is 0 Å². The van der Waals surface area contributed by atoms with Crippen LogP contribution in [0.1, 0.15) is 12.8 Å². The van der Waals surface area contributed by atoms with E-state index in [-0.39, 0.29) is 29.0 Å². The average Bonchev–Trinajstić information content (AvgIpc) is 3.18. The Balaban J connectivity index is 1.90. The number of nitrogens with zero attached hydrogens (tertiary/aromatic N) is 2. The van der Waals surface area contributed by atoms with Gasteiger partial charge in [-0.2, -0.15) is 0 Å². The minimum Gasteiger partial charge on any atom is -0.355 e. The maximum atomic E-state index is 11.5. The molecule has 0 atom stereocenters. The van der Waals surface area contributed by atoms with E-state index < -0.39 is 4.92 Å². The number of nitro groups is 1. The Morgan fingerprint density at radius 1 is 1.58 bits per heavy atom. The highest BCUT2D eigenvalue weighted by Crippen LogP contribution is 2.27. The number of hydrogen-bond donors (Lipinski definition) is 2. The third-order valence-electron chi connectivity index (χ3n) is 2.73. The van der Waals surface area contributed by atoms with Gasteiger partial charge < -0.3 is 10.6 Å². The summed E-state index contributed by atoms with van der Waals surface area (Å²) in [4.78, 5) is 25.5. The quantitative estimate of drug-likeness (QED) is 0.610. The predicted molar refractivity (Wildman–Crippen MR) is 70.1 cm³/mol.